The van der Waals surface area contributed by atoms with Crippen molar-refractivity contribution in [2.24, 2.45) is 12.5 Å². The van der Waals surface area contributed by atoms with Gasteiger partial charge in [0.05, 0.1) is 0 Å². The molecule has 1 rings (SSSR count). The minimum atomic E-state index is 0.160. The molecular formula is C8H16ClN5. The van der Waals surface area contributed by atoms with Crippen molar-refractivity contribution >= 4 is 17.5 Å². The summed E-state index contributed by atoms with van der Waals surface area (Å²) in [6.45, 7) is 5.13. The average Bonchev–Trinajstić information content (AvgIpc) is 2.48. The SMILES string of the molecule is Cn1nnnc1NCC(C)(C)CCCl. The third kappa shape index (κ3) is 3.14. The second-order valence-electron chi connectivity index (χ2n) is 4.08. The summed E-state index contributed by atoms with van der Waals surface area (Å²) in [6.07, 6.45) is 0.965. The monoisotopic (exact) mass is 217 g/mol. The Bertz CT molecular complexity index is 283. The molecule has 0 aliphatic heterocycles. The molecule has 5 nitrogen and oxygen atoms in total. The van der Waals surface area contributed by atoms with Crippen molar-refractivity contribution in [3.05, 3.63) is 0 Å². The number of tetrazole rings is 1. The lowest BCUT2D eigenvalue weighted by Crippen LogP contribution is -2.24. The van der Waals surface area contributed by atoms with Crippen molar-refractivity contribution in [1.82, 2.24) is 20.2 Å². The number of aryl methyl sites for hydroxylation is 1. The first-order valence-electron chi connectivity index (χ1n) is 4.57. The van der Waals surface area contributed by atoms with Gasteiger partial charge in [-0.1, -0.05) is 18.9 Å². The molecule has 1 heterocycles. The Morgan fingerprint density at radius 2 is 2.21 bits per heavy atom. The third-order valence-corrected chi connectivity index (χ3v) is 2.31. The molecule has 0 bridgehead atoms. The molecule has 1 N–H and O–H groups in total. The number of alkyl halides is 1. The maximum absolute atomic E-state index is 5.70. The molecule has 0 amide bonds. The zero-order valence-corrected chi connectivity index (χ0v) is 9.54. The van der Waals surface area contributed by atoms with E-state index in [0.29, 0.717) is 11.8 Å². The van der Waals surface area contributed by atoms with Crippen molar-refractivity contribution in [2.75, 3.05) is 17.7 Å². The lowest BCUT2D eigenvalue weighted by atomic mass is 9.90. The topological polar surface area (TPSA) is 55.6 Å². The van der Waals surface area contributed by atoms with E-state index in [1.54, 1.807) is 11.7 Å². The fraction of sp³-hybridized carbons (Fsp3) is 0.875. The van der Waals surface area contributed by atoms with E-state index in [-0.39, 0.29) is 5.41 Å². The lowest BCUT2D eigenvalue weighted by Gasteiger charge is -2.23. The van der Waals surface area contributed by atoms with Crippen LogP contribution in [0.25, 0.3) is 0 Å². The van der Waals surface area contributed by atoms with E-state index >= 15 is 0 Å². The number of rotatable bonds is 5. The molecule has 0 aliphatic rings. The van der Waals surface area contributed by atoms with Crippen LogP contribution in [-0.4, -0.2) is 32.6 Å². The number of aromatic nitrogens is 4. The maximum Gasteiger partial charge on any atom is 0.242 e. The van der Waals surface area contributed by atoms with Crippen LogP contribution < -0.4 is 5.32 Å². The summed E-state index contributed by atoms with van der Waals surface area (Å²) in [5.74, 6) is 1.36. The van der Waals surface area contributed by atoms with E-state index in [0.717, 1.165) is 13.0 Å². The normalized spacial score (nSPS) is 11.7. The first-order valence-corrected chi connectivity index (χ1v) is 5.11. The molecular weight excluding hydrogens is 202 g/mol. The highest BCUT2D eigenvalue weighted by Crippen LogP contribution is 2.20. The molecule has 0 saturated carbocycles. The van der Waals surface area contributed by atoms with Gasteiger partial charge in [-0.3, -0.25) is 0 Å². The molecule has 1 aromatic heterocycles. The second-order valence-corrected chi connectivity index (χ2v) is 4.46. The van der Waals surface area contributed by atoms with Crippen LogP contribution in [0.1, 0.15) is 20.3 Å². The second kappa shape index (κ2) is 4.59. The predicted molar refractivity (Wildman–Crippen MR) is 56.4 cm³/mol. The molecule has 6 heteroatoms. The summed E-state index contributed by atoms with van der Waals surface area (Å²) >= 11 is 5.70. The molecule has 14 heavy (non-hydrogen) atoms. The van der Waals surface area contributed by atoms with Crippen LogP contribution in [0.15, 0.2) is 0 Å². The van der Waals surface area contributed by atoms with Gasteiger partial charge in [0.25, 0.3) is 0 Å². The first kappa shape index (κ1) is 11.2. The molecule has 0 fully saturated rings. The largest absolute Gasteiger partial charge is 0.353 e. The highest BCUT2D eigenvalue weighted by molar-refractivity contribution is 6.17. The first-order chi connectivity index (χ1) is 6.55. The number of nitrogens with one attached hydrogen (secondary N) is 1. The van der Waals surface area contributed by atoms with Gasteiger partial charge in [0.2, 0.25) is 5.95 Å². The smallest absolute Gasteiger partial charge is 0.242 e. The van der Waals surface area contributed by atoms with Crippen LogP contribution in [-0.2, 0) is 7.05 Å². The number of nitrogens with zero attached hydrogens (tertiary/aromatic N) is 4. The van der Waals surface area contributed by atoms with Crippen LogP contribution >= 0.6 is 11.6 Å². The van der Waals surface area contributed by atoms with Gasteiger partial charge in [-0.15, -0.1) is 11.6 Å². The summed E-state index contributed by atoms with van der Waals surface area (Å²) in [5, 5.41) is 14.3. The standard InChI is InChI=1S/C8H16ClN5/c1-8(2,4-5-9)6-10-7-11-12-13-14(7)3/h4-6H2,1-3H3,(H,10,11,13). The minimum absolute atomic E-state index is 0.160. The Labute approximate surface area is 88.8 Å². The Morgan fingerprint density at radius 3 is 2.71 bits per heavy atom. The van der Waals surface area contributed by atoms with E-state index in [1.165, 1.54) is 0 Å². The number of hydrogen-bond donors (Lipinski definition) is 1. The number of halogens is 1. The molecule has 0 unspecified atom stereocenters. The van der Waals surface area contributed by atoms with Crippen molar-refractivity contribution in [3.63, 3.8) is 0 Å². The van der Waals surface area contributed by atoms with Crippen LogP contribution in [0.5, 0.6) is 0 Å². The van der Waals surface area contributed by atoms with Crippen LogP contribution in [0, 0.1) is 5.41 Å². The molecule has 0 spiro atoms. The van der Waals surface area contributed by atoms with Crippen molar-refractivity contribution < 1.29 is 0 Å². The number of anilines is 1. The quantitative estimate of drug-likeness (QED) is 0.755. The van der Waals surface area contributed by atoms with Crippen molar-refractivity contribution in [3.8, 4) is 0 Å². The van der Waals surface area contributed by atoms with Crippen LogP contribution in [0.3, 0.4) is 0 Å². The van der Waals surface area contributed by atoms with E-state index < -0.39 is 0 Å². The summed E-state index contributed by atoms with van der Waals surface area (Å²) in [5.41, 5.74) is 0.160. The highest BCUT2D eigenvalue weighted by Gasteiger charge is 2.17. The molecule has 0 atom stereocenters. The fourth-order valence-electron chi connectivity index (χ4n) is 1.04. The van der Waals surface area contributed by atoms with Gasteiger partial charge in [0.15, 0.2) is 0 Å². The van der Waals surface area contributed by atoms with Crippen molar-refractivity contribution in [2.45, 2.75) is 20.3 Å². The molecule has 0 aliphatic carbocycles. The van der Waals surface area contributed by atoms with E-state index in [4.69, 9.17) is 11.6 Å². The maximum atomic E-state index is 5.70. The molecule has 80 valence electrons. The summed E-state index contributed by atoms with van der Waals surface area (Å²) in [7, 11) is 1.80. The van der Waals surface area contributed by atoms with Gasteiger partial charge < -0.3 is 5.32 Å². The van der Waals surface area contributed by atoms with E-state index in [2.05, 4.69) is 34.7 Å². The zero-order valence-electron chi connectivity index (χ0n) is 8.79. The van der Waals surface area contributed by atoms with Crippen LogP contribution in [0.4, 0.5) is 5.95 Å². The average molecular weight is 218 g/mol. The molecule has 1 aromatic rings. The Kier molecular flexibility index (Phi) is 3.69. The third-order valence-electron chi connectivity index (χ3n) is 2.12. The number of hydrogen-bond acceptors (Lipinski definition) is 4. The summed E-state index contributed by atoms with van der Waals surface area (Å²) in [4.78, 5) is 0. The minimum Gasteiger partial charge on any atom is -0.353 e. The van der Waals surface area contributed by atoms with Gasteiger partial charge in [-0.25, -0.2) is 4.68 Å². The Balaban J connectivity index is 2.44. The van der Waals surface area contributed by atoms with Gasteiger partial charge in [0.1, 0.15) is 0 Å². The summed E-state index contributed by atoms with van der Waals surface area (Å²) < 4.78 is 1.61. The van der Waals surface area contributed by atoms with Gasteiger partial charge in [-0.2, -0.15) is 0 Å². The van der Waals surface area contributed by atoms with Crippen LogP contribution in [0.2, 0.25) is 0 Å². The van der Waals surface area contributed by atoms with Crippen molar-refractivity contribution in [1.29, 1.82) is 0 Å². The van der Waals surface area contributed by atoms with Gasteiger partial charge >= 0.3 is 0 Å². The lowest BCUT2D eigenvalue weighted by molar-refractivity contribution is 0.378. The van der Waals surface area contributed by atoms with E-state index in [1.807, 2.05) is 0 Å². The highest BCUT2D eigenvalue weighted by atomic mass is 35.5. The van der Waals surface area contributed by atoms with E-state index in [9.17, 15) is 0 Å². The Morgan fingerprint density at radius 1 is 1.50 bits per heavy atom. The van der Waals surface area contributed by atoms with Gasteiger partial charge in [-0.05, 0) is 22.3 Å². The van der Waals surface area contributed by atoms with Gasteiger partial charge in [0, 0.05) is 19.5 Å². The molecule has 0 aromatic carbocycles. The Hall–Kier alpha value is -0.840. The zero-order chi connectivity index (χ0) is 10.6. The molecule has 0 radical (unpaired) electrons. The molecule has 0 saturated heterocycles. The predicted octanol–water partition coefficient (Wildman–Crippen LogP) is 1.28. The summed E-state index contributed by atoms with van der Waals surface area (Å²) in [6, 6.07) is 0. The fourth-order valence-corrected chi connectivity index (χ4v) is 1.55.